The summed E-state index contributed by atoms with van der Waals surface area (Å²) in [7, 11) is 1.34. The van der Waals surface area contributed by atoms with Crippen molar-refractivity contribution in [3.05, 3.63) is 90.0 Å². The van der Waals surface area contributed by atoms with E-state index in [1.54, 1.807) is 0 Å². The summed E-state index contributed by atoms with van der Waals surface area (Å²) < 4.78 is 27.6. The first kappa shape index (κ1) is 20.9. The first-order chi connectivity index (χ1) is 15.2. The minimum absolute atomic E-state index is 0.112. The van der Waals surface area contributed by atoms with Crippen LogP contribution in [0.1, 0.15) is 11.1 Å². The molecule has 6 heteroatoms. The molecule has 160 valence electrons. The van der Waals surface area contributed by atoms with E-state index in [0.717, 1.165) is 28.4 Å². The predicted molar refractivity (Wildman–Crippen MR) is 114 cm³/mol. The van der Waals surface area contributed by atoms with Crippen molar-refractivity contribution in [2.24, 2.45) is 0 Å². The second-order valence-electron chi connectivity index (χ2n) is 7.23. The number of carbonyl (C=O) groups is 1. The van der Waals surface area contributed by atoms with E-state index in [4.69, 9.17) is 18.9 Å². The Bertz CT molecular complexity index is 996. The minimum Gasteiger partial charge on any atom is -0.489 e. The number of benzene rings is 3. The Morgan fingerprint density at radius 1 is 0.903 bits per heavy atom. The van der Waals surface area contributed by atoms with Crippen molar-refractivity contribution in [3.63, 3.8) is 0 Å². The van der Waals surface area contributed by atoms with Gasteiger partial charge < -0.3 is 23.7 Å². The number of esters is 1. The summed E-state index contributed by atoms with van der Waals surface area (Å²) in [6.07, 6.45) is 0. The quantitative estimate of drug-likeness (QED) is 0.476. The third kappa shape index (κ3) is 5.23. The SMILES string of the molecule is COC(=O)COC1(c2ccc(OCc3cccc(Oc4ccccc4)c3)cc2)COC1. The van der Waals surface area contributed by atoms with E-state index >= 15 is 0 Å². The molecule has 0 aromatic heterocycles. The summed E-state index contributed by atoms with van der Waals surface area (Å²) in [6, 6.07) is 25.1. The van der Waals surface area contributed by atoms with Gasteiger partial charge in [-0.05, 0) is 47.5 Å². The third-order valence-corrected chi connectivity index (χ3v) is 5.03. The van der Waals surface area contributed by atoms with E-state index < -0.39 is 11.6 Å². The van der Waals surface area contributed by atoms with Gasteiger partial charge in [-0.3, -0.25) is 0 Å². The Hall–Kier alpha value is -3.35. The van der Waals surface area contributed by atoms with Crippen LogP contribution in [0.5, 0.6) is 17.2 Å². The summed E-state index contributed by atoms with van der Waals surface area (Å²) in [4.78, 5) is 11.4. The number of carbonyl (C=O) groups excluding carboxylic acids is 1. The molecule has 3 aromatic carbocycles. The highest BCUT2D eigenvalue weighted by Crippen LogP contribution is 2.34. The van der Waals surface area contributed by atoms with Gasteiger partial charge in [-0.2, -0.15) is 0 Å². The molecule has 0 aliphatic carbocycles. The van der Waals surface area contributed by atoms with Gasteiger partial charge in [0.1, 0.15) is 36.1 Å². The van der Waals surface area contributed by atoms with E-state index in [1.807, 2.05) is 78.9 Å². The van der Waals surface area contributed by atoms with Gasteiger partial charge in [0.2, 0.25) is 0 Å². The molecule has 0 bridgehead atoms. The predicted octanol–water partition coefficient (Wildman–Crippen LogP) is 4.47. The van der Waals surface area contributed by atoms with Crippen LogP contribution in [0.15, 0.2) is 78.9 Å². The van der Waals surface area contributed by atoms with Gasteiger partial charge in [-0.15, -0.1) is 0 Å². The van der Waals surface area contributed by atoms with Crippen molar-refractivity contribution in [3.8, 4) is 17.2 Å². The van der Waals surface area contributed by atoms with Gasteiger partial charge in [0.05, 0.1) is 20.3 Å². The van der Waals surface area contributed by atoms with Gasteiger partial charge in [-0.1, -0.05) is 42.5 Å². The molecule has 0 amide bonds. The molecule has 3 aromatic rings. The van der Waals surface area contributed by atoms with Gasteiger partial charge >= 0.3 is 5.97 Å². The molecule has 1 aliphatic rings. The van der Waals surface area contributed by atoms with Crippen molar-refractivity contribution in [2.75, 3.05) is 26.9 Å². The Morgan fingerprint density at radius 2 is 1.65 bits per heavy atom. The van der Waals surface area contributed by atoms with E-state index in [-0.39, 0.29) is 6.61 Å². The zero-order valence-corrected chi connectivity index (χ0v) is 17.3. The lowest BCUT2D eigenvalue weighted by atomic mass is 9.91. The Kier molecular flexibility index (Phi) is 6.50. The number of hydrogen-bond donors (Lipinski definition) is 0. The smallest absolute Gasteiger partial charge is 0.331 e. The lowest BCUT2D eigenvalue weighted by molar-refractivity contribution is -0.220. The Morgan fingerprint density at radius 3 is 2.32 bits per heavy atom. The number of para-hydroxylation sites is 1. The molecular formula is C25H24O6. The first-order valence-corrected chi connectivity index (χ1v) is 10.0. The highest BCUT2D eigenvalue weighted by Gasteiger charge is 2.42. The van der Waals surface area contributed by atoms with E-state index in [1.165, 1.54) is 7.11 Å². The maximum Gasteiger partial charge on any atom is 0.331 e. The van der Waals surface area contributed by atoms with Gasteiger partial charge in [0.15, 0.2) is 0 Å². The topological polar surface area (TPSA) is 63.2 Å². The van der Waals surface area contributed by atoms with Crippen LogP contribution in [0, 0.1) is 0 Å². The fourth-order valence-corrected chi connectivity index (χ4v) is 3.22. The standard InChI is InChI=1S/C25H24O6/c1-27-24(26)16-30-25(17-28-18-25)20-10-12-21(13-11-20)29-15-19-6-5-9-23(14-19)31-22-7-3-2-4-8-22/h2-14H,15-18H2,1H3. The second kappa shape index (κ2) is 9.64. The van der Waals surface area contributed by atoms with Crippen molar-refractivity contribution in [1.29, 1.82) is 0 Å². The summed E-state index contributed by atoms with van der Waals surface area (Å²) in [5.74, 6) is 1.88. The lowest BCUT2D eigenvalue weighted by Crippen LogP contribution is -2.49. The van der Waals surface area contributed by atoms with Gasteiger partial charge in [-0.25, -0.2) is 4.79 Å². The first-order valence-electron chi connectivity index (χ1n) is 10.0. The van der Waals surface area contributed by atoms with Crippen molar-refractivity contribution >= 4 is 5.97 Å². The molecule has 0 N–H and O–H groups in total. The molecule has 0 saturated carbocycles. The molecule has 1 fully saturated rings. The monoisotopic (exact) mass is 420 g/mol. The Labute approximate surface area is 181 Å². The fraction of sp³-hybridized carbons (Fsp3) is 0.240. The molecule has 1 saturated heterocycles. The van der Waals surface area contributed by atoms with E-state index in [9.17, 15) is 4.79 Å². The molecule has 1 aliphatic heterocycles. The molecule has 31 heavy (non-hydrogen) atoms. The maximum atomic E-state index is 11.4. The van der Waals surface area contributed by atoms with Crippen LogP contribution >= 0.6 is 0 Å². The normalized spacial score (nSPS) is 14.4. The largest absolute Gasteiger partial charge is 0.489 e. The van der Waals surface area contributed by atoms with Crippen LogP contribution < -0.4 is 9.47 Å². The zero-order chi connectivity index (χ0) is 21.5. The number of hydrogen-bond acceptors (Lipinski definition) is 6. The van der Waals surface area contributed by atoms with Crippen LogP contribution in [-0.4, -0.2) is 32.9 Å². The maximum absolute atomic E-state index is 11.4. The highest BCUT2D eigenvalue weighted by molar-refractivity contribution is 5.70. The number of rotatable bonds is 9. The average molecular weight is 420 g/mol. The van der Waals surface area contributed by atoms with Crippen molar-refractivity contribution < 1.29 is 28.5 Å². The molecule has 6 nitrogen and oxygen atoms in total. The molecule has 0 atom stereocenters. The van der Waals surface area contributed by atoms with Gasteiger partial charge in [0, 0.05) is 0 Å². The highest BCUT2D eigenvalue weighted by atomic mass is 16.6. The van der Waals surface area contributed by atoms with Gasteiger partial charge in [0.25, 0.3) is 0 Å². The van der Waals surface area contributed by atoms with Crippen LogP contribution in [0.3, 0.4) is 0 Å². The summed E-state index contributed by atoms with van der Waals surface area (Å²) in [6.45, 7) is 1.11. The van der Waals surface area contributed by atoms with E-state index in [2.05, 4.69) is 4.74 Å². The van der Waals surface area contributed by atoms with E-state index in [0.29, 0.717) is 19.8 Å². The van der Waals surface area contributed by atoms with Crippen LogP contribution in [0.2, 0.25) is 0 Å². The molecule has 0 radical (unpaired) electrons. The molecule has 1 heterocycles. The molecule has 0 unspecified atom stereocenters. The number of methoxy groups -OCH3 is 1. The Balaban J connectivity index is 1.35. The average Bonchev–Trinajstić information content (AvgIpc) is 2.78. The molecule has 4 rings (SSSR count). The van der Waals surface area contributed by atoms with Crippen LogP contribution in [-0.2, 0) is 31.2 Å². The van der Waals surface area contributed by atoms with Crippen LogP contribution in [0.25, 0.3) is 0 Å². The summed E-state index contributed by atoms with van der Waals surface area (Å²) >= 11 is 0. The minimum atomic E-state index is -0.615. The second-order valence-corrected chi connectivity index (χ2v) is 7.23. The number of ether oxygens (including phenoxy) is 5. The third-order valence-electron chi connectivity index (χ3n) is 5.03. The summed E-state index contributed by atoms with van der Waals surface area (Å²) in [5, 5.41) is 0. The van der Waals surface area contributed by atoms with Crippen molar-refractivity contribution in [2.45, 2.75) is 12.2 Å². The zero-order valence-electron chi connectivity index (χ0n) is 17.3. The molecular weight excluding hydrogens is 396 g/mol. The lowest BCUT2D eigenvalue weighted by Gasteiger charge is -2.41. The summed E-state index contributed by atoms with van der Waals surface area (Å²) in [5.41, 5.74) is 1.33. The van der Waals surface area contributed by atoms with Crippen LogP contribution in [0.4, 0.5) is 0 Å². The fourth-order valence-electron chi connectivity index (χ4n) is 3.22. The molecule has 0 spiro atoms. The van der Waals surface area contributed by atoms with Crippen molar-refractivity contribution in [1.82, 2.24) is 0 Å².